The Bertz CT molecular complexity index is 713. The number of ether oxygens (including phenoxy) is 1. The molecule has 0 aliphatic heterocycles. The largest absolute Gasteiger partial charge is 0.465 e. The standard InChI is InChI=1S/C19H26N2O3S/c1-19(2,3)8-7-14-11-15(16(25-14)18(23)24-6)20-13-9-12(10-13)17(22)21(4)5/h11-13,20H,9-10H2,1-6H3. The summed E-state index contributed by atoms with van der Waals surface area (Å²) >= 11 is 1.34. The summed E-state index contributed by atoms with van der Waals surface area (Å²) in [5.74, 6) is 6.18. The van der Waals surface area contributed by atoms with Gasteiger partial charge in [0, 0.05) is 31.5 Å². The van der Waals surface area contributed by atoms with E-state index in [4.69, 9.17) is 4.74 Å². The molecule has 2 rings (SSSR count). The van der Waals surface area contributed by atoms with E-state index in [0.717, 1.165) is 23.4 Å². The van der Waals surface area contributed by atoms with Gasteiger partial charge in [-0.25, -0.2) is 4.79 Å². The lowest BCUT2D eigenvalue weighted by molar-refractivity contribution is -0.135. The Labute approximate surface area is 153 Å². The lowest BCUT2D eigenvalue weighted by Gasteiger charge is -2.36. The van der Waals surface area contributed by atoms with Gasteiger partial charge in [0.1, 0.15) is 4.88 Å². The molecule has 0 radical (unpaired) electrons. The molecule has 0 aromatic carbocycles. The first-order valence-corrected chi connectivity index (χ1v) is 9.15. The van der Waals surface area contributed by atoms with Gasteiger partial charge in [-0.3, -0.25) is 4.79 Å². The van der Waals surface area contributed by atoms with Gasteiger partial charge in [0.2, 0.25) is 5.91 Å². The molecule has 1 aliphatic rings. The Morgan fingerprint density at radius 1 is 1.32 bits per heavy atom. The van der Waals surface area contributed by atoms with Gasteiger partial charge in [0.05, 0.1) is 17.7 Å². The molecule has 25 heavy (non-hydrogen) atoms. The zero-order valence-corrected chi connectivity index (χ0v) is 16.5. The quantitative estimate of drug-likeness (QED) is 0.660. The van der Waals surface area contributed by atoms with Crippen LogP contribution in [0.25, 0.3) is 0 Å². The van der Waals surface area contributed by atoms with E-state index >= 15 is 0 Å². The molecule has 136 valence electrons. The van der Waals surface area contributed by atoms with E-state index in [2.05, 4.69) is 17.2 Å². The minimum atomic E-state index is -0.364. The number of hydrogen-bond acceptors (Lipinski definition) is 5. The summed E-state index contributed by atoms with van der Waals surface area (Å²) in [6.45, 7) is 6.14. The van der Waals surface area contributed by atoms with Gasteiger partial charge in [0.15, 0.2) is 0 Å². The number of carbonyl (C=O) groups excluding carboxylic acids is 2. The second kappa shape index (κ2) is 7.49. The first kappa shape index (κ1) is 19.3. The topological polar surface area (TPSA) is 58.6 Å². The summed E-state index contributed by atoms with van der Waals surface area (Å²) in [5.41, 5.74) is 0.646. The Morgan fingerprint density at radius 2 is 1.96 bits per heavy atom. The summed E-state index contributed by atoms with van der Waals surface area (Å²) in [6.07, 6.45) is 1.55. The van der Waals surface area contributed by atoms with Crippen molar-refractivity contribution >= 4 is 28.9 Å². The minimum absolute atomic E-state index is 0.0628. The monoisotopic (exact) mass is 362 g/mol. The fourth-order valence-electron chi connectivity index (χ4n) is 2.58. The van der Waals surface area contributed by atoms with Gasteiger partial charge < -0.3 is 15.0 Å². The number of hydrogen-bond donors (Lipinski definition) is 1. The fourth-order valence-corrected chi connectivity index (χ4v) is 3.47. The number of nitrogens with zero attached hydrogens (tertiary/aromatic N) is 1. The maximum absolute atomic E-state index is 12.0. The van der Waals surface area contributed by atoms with E-state index in [-0.39, 0.29) is 29.3 Å². The minimum Gasteiger partial charge on any atom is -0.465 e. The van der Waals surface area contributed by atoms with Crippen LogP contribution in [-0.2, 0) is 9.53 Å². The van der Waals surface area contributed by atoms with Crippen molar-refractivity contribution in [1.82, 2.24) is 4.90 Å². The molecule has 0 saturated heterocycles. The Morgan fingerprint density at radius 3 is 2.48 bits per heavy atom. The number of amides is 1. The van der Waals surface area contributed by atoms with E-state index in [1.54, 1.807) is 19.0 Å². The molecule has 1 aliphatic carbocycles. The first-order valence-electron chi connectivity index (χ1n) is 8.33. The molecular weight excluding hydrogens is 336 g/mol. The Kier molecular flexibility index (Phi) is 5.79. The summed E-state index contributed by atoms with van der Waals surface area (Å²) in [7, 11) is 4.93. The summed E-state index contributed by atoms with van der Waals surface area (Å²) in [4.78, 5) is 27.0. The van der Waals surface area contributed by atoms with Crippen LogP contribution < -0.4 is 5.32 Å². The molecule has 6 heteroatoms. The number of rotatable bonds is 4. The van der Waals surface area contributed by atoms with E-state index in [1.165, 1.54) is 18.4 Å². The number of esters is 1. The fraction of sp³-hybridized carbons (Fsp3) is 0.579. The molecule has 0 atom stereocenters. The molecule has 1 aromatic rings. The first-order chi connectivity index (χ1) is 11.6. The third kappa shape index (κ3) is 4.99. The third-order valence-electron chi connectivity index (χ3n) is 3.95. The average molecular weight is 362 g/mol. The molecular formula is C19H26N2O3S. The van der Waals surface area contributed by atoms with Gasteiger partial charge in [-0.2, -0.15) is 0 Å². The van der Waals surface area contributed by atoms with Crippen molar-refractivity contribution in [1.29, 1.82) is 0 Å². The lowest BCUT2D eigenvalue weighted by atomic mass is 9.79. The summed E-state index contributed by atoms with van der Waals surface area (Å²) in [6, 6.07) is 2.09. The zero-order chi connectivity index (χ0) is 18.8. The van der Waals surface area contributed by atoms with E-state index < -0.39 is 0 Å². The van der Waals surface area contributed by atoms with Crippen LogP contribution >= 0.6 is 11.3 Å². The van der Waals surface area contributed by atoms with Gasteiger partial charge in [0.25, 0.3) is 0 Å². The molecule has 1 saturated carbocycles. The molecule has 0 bridgehead atoms. The number of methoxy groups -OCH3 is 1. The molecule has 1 amide bonds. The van der Waals surface area contributed by atoms with Crippen molar-refractivity contribution in [2.24, 2.45) is 11.3 Å². The number of anilines is 1. The molecule has 5 nitrogen and oxygen atoms in total. The van der Waals surface area contributed by atoms with Crippen molar-refractivity contribution in [3.05, 3.63) is 15.8 Å². The lowest BCUT2D eigenvalue weighted by Crippen LogP contribution is -2.44. The SMILES string of the molecule is COC(=O)c1sc(C#CC(C)(C)C)cc1NC1CC(C(=O)N(C)C)C1. The van der Waals surface area contributed by atoms with Crippen molar-refractivity contribution < 1.29 is 14.3 Å². The molecule has 0 spiro atoms. The molecule has 1 aromatic heterocycles. The van der Waals surface area contributed by atoms with Gasteiger partial charge >= 0.3 is 5.97 Å². The average Bonchev–Trinajstić information content (AvgIpc) is 2.89. The maximum atomic E-state index is 12.0. The van der Waals surface area contributed by atoms with Crippen LogP contribution in [-0.4, -0.2) is 44.0 Å². The normalized spacial score (nSPS) is 19.3. The predicted molar refractivity (Wildman–Crippen MR) is 101 cm³/mol. The summed E-state index contributed by atoms with van der Waals surface area (Å²) < 4.78 is 4.88. The van der Waals surface area contributed by atoms with Crippen molar-refractivity contribution in [3.63, 3.8) is 0 Å². The maximum Gasteiger partial charge on any atom is 0.350 e. The van der Waals surface area contributed by atoms with Gasteiger partial charge in [-0.1, -0.05) is 11.8 Å². The second-order valence-corrected chi connectivity index (χ2v) is 8.64. The highest BCUT2D eigenvalue weighted by atomic mass is 32.1. The zero-order valence-electron chi connectivity index (χ0n) is 15.7. The van der Waals surface area contributed by atoms with Crippen LogP contribution in [0.15, 0.2) is 6.07 Å². The van der Waals surface area contributed by atoms with E-state index in [0.29, 0.717) is 4.88 Å². The van der Waals surface area contributed by atoms with Crippen LogP contribution in [0.3, 0.4) is 0 Å². The summed E-state index contributed by atoms with van der Waals surface area (Å²) in [5, 5.41) is 3.37. The van der Waals surface area contributed by atoms with Crippen LogP contribution in [0.5, 0.6) is 0 Å². The number of thiophene rings is 1. The Hall–Kier alpha value is -2.00. The molecule has 1 heterocycles. The van der Waals surface area contributed by atoms with Crippen LogP contribution in [0.2, 0.25) is 0 Å². The van der Waals surface area contributed by atoms with Gasteiger partial charge in [-0.05, 0) is 39.7 Å². The third-order valence-corrected chi connectivity index (χ3v) is 4.98. The number of carbonyl (C=O) groups is 2. The highest BCUT2D eigenvalue weighted by molar-refractivity contribution is 7.15. The highest BCUT2D eigenvalue weighted by Gasteiger charge is 2.36. The van der Waals surface area contributed by atoms with Crippen molar-refractivity contribution in [3.8, 4) is 11.8 Å². The van der Waals surface area contributed by atoms with Crippen molar-refractivity contribution in [2.75, 3.05) is 26.5 Å². The van der Waals surface area contributed by atoms with Gasteiger partial charge in [-0.15, -0.1) is 11.3 Å². The Balaban J connectivity index is 2.11. The second-order valence-electron chi connectivity index (χ2n) is 7.59. The van der Waals surface area contributed by atoms with Crippen molar-refractivity contribution in [2.45, 2.75) is 39.7 Å². The highest BCUT2D eigenvalue weighted by Crippen LogP contribution is 2.35. The van der Waals surface area contributed by atoms with Crippen LogP contribution in [0.4, 0.5) is 5.69 Å². The van der Waals surface area contributed by atoms with Crippen LogP contribution in [0, 0.1) is 23.2 Å². The predicted octanol–water partition coefficient (Wildman–Crippen LogP) is 3.21. The van der Waals surface area contributed by atoms with E-state index in [1.807, 2.05) is 26.8 Å². The van der Waals surface area contributed by atoms with Crippen LogP contribution in [0.1, 0.15) is 48.2 Å². The molecule has 0 unspecified atom stereocenters. The number of nitrogens with one attached hydrogen (secondary N) is 1. The van der Waals surface area contributed by atoms with E-state index in [9.17, 15) is 9.59 Å². The molecule has 1 fully saturated rings. The molecule has 1 N–H and O–H groups in total. The smallest absolute Gasteiger partial charge is 0.350 e.